The number of aromatic nitrogens is 3. The molecule has 0 radical (unpaired) electrons. The maximum atomic E-state index is 12.7. The zero-order chi connectivity index (χ0) is 20.4. The Balaban J connectivity index is 1.33. The van der Waals surface area contributed by atoms with Gasteiger partial charge in [0.05, 0.1) is 5.69 Å². The predicted octanol–water partition coefficient (Wildman–Crippen LogP) is 2.43. The highest BCUT2D eigenvalue weighted by Crippen LogP contribution is 2.39. The van der Waals surface area contributed by atoms with Gasteiger partial charge in [-0.2, -0.15) is 5.10 Å². The van der Waals surface area contributed by atoms with Gasteiger partial charge in [0.25, 0.3) is 0 Å². The molecule has 29 heavy (non-hydrogen) atoms. The second-order valence-electron chi connectivity index (χ2n) is 7.92. The number of Topliss-reactive ketones (excluding diaryl/α,β-unsaturated/α-hetero) is 1. The minimum absolute atomic E-state index is 0.0261. The van der Waals surface area contributed by atoms with Crippen LogP contribution in [0.25, 0.3) is 0 Å². The molecule has 2 aromatic heterocycles. The van der Waals surface area contributed by atoms with Crippen molar-refractivity contribution in [2.45, 2.75) is 38.0 Å². The molecule has 2 aliphatic rings. The Kier molecular flexibility index (Phi) is 5.47. The van der Waals surface area contributed by atoms with Gasteiger partial charge in [-0.25, -0.2) is 4.98 Å². The van der Waals surface area contributed by atoms with Gasteiger partial charge in [0.2, 0.25) is 5.91 Å². The van der Waals surface area contributed by atoms with E-state index in [1.165, 1.54) is 18.9 Å². The molecule has 0 aromatic carbocycles. The monoisotopic (exact) mass is 393 g/mol. The van der Waals surface area contributed by atoms with Crippen molar-refractivity contribution in [2.24, 2.45) is 0 Å². The maximum absolute atomic E-state index is 12.7. The number of carbonyl (C=O) groups is 2. The van der Waals surface area contributed by atoms with Crippen molar-refractivity contribution < 1.29 is 9.59 Å². The number of hydrogen-bond acceptors (Lipinski definition) is 5. The molecule has 0 spiro atoms. The van der Waals surface area contributed by atoms with Gasteiger partial charge in [-0.05, 0) is 36.6 Å². The highest BCUT2D eigenvalue weighted by Gasteiger charge is 2.27. The Morgan fingerprint density at radius 2 is 2.03 bits per heavy atom. The van der Waals surface area contributed by atoms with Crippen LogP contribution in [-0.2, 0) is 16.0 Å². The number of ketones is 1. The Hall–Kier alpha value is -2.96. The third-order valence-electron chi connectivity index (χ3n) is 5.85. The van der Waals surface area contributed by atoms with Crippen LogP contribution in [0.3, 0.4) is 0 Å². The summed E-state index contributed by atoms with van der Waals surface area (Å²) in [4.78, 5) is 32.9. The quantitative estimate of drug-likeness (QED) is 0.731. The Morgan fingerprint density at radius 1 is 1.28 bits per heavy atom. The van der Waals surface area contributed by atoms with Crippen LogP contribution in [0, 0.1) is 0 Å². The normalized spacial score (nSPS) is 17.8. The van der Waals surface area contributed by atoms with Crippen molar-refractivity contribution >= 4 is 17.5 Å². The summed E-state index contributed by atoms with van der Waals surface area (Å²) in [5.74, 6) is 1.37. The van der Waals surface area contributed by atoms with Gasteiger partial charge < -0.3 is 9.80 Å². The molecule has 1 amide bonds. The topological polar surface area (TPSA) is 82.2 Å². The molecular weight excluding hydrogens is 366 g/mol. The zero-order valence-electron chi connectivity index (χ0n) is 16.8. The lowest BCUT2D eigenvalue weighted by Gasteiger charge is -2.35. The van der Waals surface area contributed by atoms with E-state index in [-0.39, 0.29) is 17.6 Å². The molecule has 1 unspecified atom stereocenters. The summed E-state index contributed by atoms with van der Waals surface area (Å²) in [6, 6.07) is 5.97. The first-order chi connectivity index (χ1) is 14.0. The standard InChI is InChI=1S/C22H27N5O2/c1-3-22(29)27-10-8-26(9-11-27)21-7-6-17(14-23-21)15(2)20(28)13-18-12-19(25-24-18)16-4-5-16/h3,6-7,12,14-16H,1,4-5,8-11,13H2,2H3,(H,24,25). The van der Waals surface area contributed by atoms with E-state index >= 15 is 0 Å². The van der Waals surface area contributed by atoms with Crippen LogP contribution in [-0.4, -0.2) is 58.0 Å². The van der Waals surface area contributed by atoms with Crippen molar-refractivity contribution in [1.82, 2.24) is 20.1 Å². The summed E-state index contributed by atoms with van der Waals surface area (Å²) in [6.07, 6.45) is 5.92. The van der Waals surface area contributed by atoms with Crippen LogP contribution in [0.2, 0.25) is 0 Å². The van der Waals surface area contributed by atoms with Gasteiger partial charge in [0.1, 0.15) is 11.6 Å². The third-order valence-corrected chi connectivity index (χ3v) is 5.85. The predicted molar refractivity (Wildman–Crippen MR) is 111 cm³/mol. The number of carbonyl (C=O) groups excluding carboxylic acids is 2. The molecule has 7 nitrogen and oxygen atoms in total. The van der Waals surface area contributed by atoms with Gasteiger partial charge in [-0.15, -0.1) is 0 Å². The molecule has 1 aliphatic carbocycles. The fraction of sp³-hybridized carbons (Fsp3) is 0.455. The fourth-order valence-corrected chi connectivity index (χ4v) is 3.71. The summed E-state index contributed by atoms with van der Waals surface area (Å²) in [6.45, 7) is 8.27. The van der Waals surface area contributed by atoms with Crippen molar-refractivity contribution in [3.05, 3.63) is 54.0 Å². The summed E-state index contributed by atoms with van der Waals surface area (Å²) >= 11 is 0. The lowest BCUT2D eigenvalue weighted by molar-refractivity contribution is -0.126. The Labute approximate surface area is 170 Å². The Morgan fingerprint density at radius 3 is 2.66 bits per heavy atom. The minimum atomic E-state index is -0.216. The van der Waals surface area contributed by atoms with Crippen molar-refractivity contribution in [1.29, 1.82) is 0 Å². The smallest absolute Gasteiger partial charge is 0.246 e. The van der Waals surface area contributed by atoms with E-state index < -0.39 is 0 Å². The van der Waals surface area contributed by atoms with E-state index in [9.17, 15) is 9.59 Å². The molecule has 1 aliphatic heterocycles. The maximum Gasteiger partial charge on any atom is 0.246 e. The number of nitrogens with zero attached hydrogens (tertiary/aromatic N) is 4. The molecule has 1 atom stereocenters. The lowest BCUT2D eigenvalue weighted by Crippen LogP contribution is -2.48. The fourth-order valence-electron chi connectivity index (χ4n) is 3.71. The van der Waals surface area contributed by atoms with Gasteiger partial charge in [-0.1, -0.05) is 19.6 Å². The second-order valence-corrected chi connectivity index (χ2v) is 7.92. The number of rotatable bonds is 7. The summed E-state index contributed by atoms with van der Waals surface area (Å²) in [5, 5.41) is 7.33. The molecular formula is C22H27N5O2. The number of aromatic amines is 1. The molecule has 1 N–H and O–H groups in total. The number of H-pyrrole nitrogens is 1. The van der Waals surface area contributed by atoms with E-state index in [2.05, 4.69) is 26.7 Å². The molecule has 3 heterocycles. The van der Waals surface area contributed by atoms with Gasteiger partial charge in [0, 0.05) is 56.3 Å². The van der Waals surface area contributed by atoms with E-state index in [1.807, 2.05) is 25.1 Å². The van der Waals surface area contributed by atoms with Gasteiger partial charge in [0.15, 0.2) is 0 Å². The first kappa shape index (κ1) is 19.4. The van der Waals surface area contributed by atoms with Crippen molar-refractivity contribution in [3.8, 4) is 0 Å². The molecule has 4 rings (SSSR count). The first-order valence-corrected chi connectivity index (χ1v) is 10.2. The lowest BCUT2D eigenvalue weighted by atomic mass is 9.95. The number of amides is 1. The van der Waals surface area contributed by atoms with Gasteiger partial charge in [-0.3, -0.25) is 14.7 Å². The SMILES string of the molecule is C=CC(=O)N1CCN(c2ccc(C(C)C(=O)Cc3cc(C4CC4)n[nH]3)cn2)CC1. The van der Waals surface area contributed by atoms with E-state index in [0.717, 1.165) is 35.9 Å². The highest BCUT2D eigenvalue weighted by atomic mass is 16.2. The summed E-state index contributed by atoms with van der Waals surface area (Å²) in [7, 11) is 0. The van der Waals surface area contributed by atoms with Crippen LogP contribution in [0.15, 0.2) is 37.1 Å². The summed E-state index contributed by atoms with van der Waals surface area (Å²) < 4.78 is 0. The van der Waals surface area contributed by atoms with E-state index in [1.54, 1.807) is 11.1 Å². The molecule has 0 bridgehead atoms. The van der Waals surface area contributed by atoms with E-state index in [4.69, 9.17) is 0 Å². The Bertz CT molecular complexity index is 892. The number of nitrogens with one attached hydrogen (secondary N) is 1. The van der Waals surface area contributed by atoms with Crippen LogP contribution in [0.1, 0.15) is 48.6 Å². The highest BCUT2D eigenvalue weighted by molar-refractivity contribution is 5.87. The minimum Gasteiger partial charge on any atom is -0.353 e. The first-order valence-electron chi connectivity index (χ1n) is 10.2. The average Bonchev–Trinajstić information content (AvgIpc) is 3.52. The largest absolute Gasteiger partial charge is 0.353 e. The van der Waals surface area contributed by atoms with Crippen LogP contribution in [0.5, 0.6) is 0 Å². The molecule has 2 fully saturated rings. The van der Waals surface area contributed by atoms with Crippen LogP contribution >= 0.6 is 0 Å². The van der Waals surface area contributed by atoms with Crippen LogP contribution in [0.4, 0.5) is 5.82 Å². The number of piperazine rings is 1. The number of pyridine rings is 1. The third kappa shape index (κ3) is 4.39. The van der Waals surface area contributed by atoms with E-state index in [0.29, 0.717) is 25.4 Å². The molecule has 1 saturated carbocycles. The molecule has 1 saturated heterocycles. The molecule has 152 valence electrons. The van der Waals surface area contributed by atoms with Crippen LogP contribution < -0.4 is 4.90 Å². The number of hydrogen-bond donors (Lipinski definition) is 1. The zero-order valence-corrected chi connectivity index (χ0v) is 16.8. The summed E-state index contributed by atoms with van der Waals surface area (Å²) in [5.41, 5.74) is 2.89. The molecule has 7 heteroatoms. The molecule has 2 aromatic rings. The van der Waals surface area contributed by atoms with Gasteiger partial charge >= 0.3 is 0 Å². The number of anilines is 1. The van der Waals surface area contributed by atoms with Crippen molar-refractivity contribution in [2.75, 3.05) is 31.1 Å². The van der Waals surface area contributed by atoms with Crippen molar-refractivity contribution in [3.63, 3.8) is 0 Å². The average molecular weight is 393 g/mol. The second kappa shape index (κ2) is 8.19.